The van der Waals surface area contributed by atoms with E-state index in [1.807, 2.05) is 29.2 Å². The average molecular weight is 305 g/mol. The van der Waals surface area contributed by atoms with Crippen LogP contribution in [-0.4, -0.2) is 43.2 Å². The molecule has 4 nitrogen and oxygen atoms in total. The zero-order valence-corrected chi connectivity index (χ0v) is 14.3. The van der Waals surface area contributed by atoms with Crippen molar-refractivity contribution in [3.63, 3.8) is 0 Å². The number of amides is 1. The van der Waals surface area contributed by atoms with E-state index in [1.54, 1.807) is 7.11 Å². The molecular weight excluding hydrogens is 278 g/mol. The summed E-state index contributed by atoms with van der Waals surface area (Å²) in [6.45, 7) is 10.2. The first-order valence-electron chi connectivity index (χ1n) is 7.90. The summed E-state index contributed by atoms with van der Waals surface area (Å²) in [7, 11) is 1.65. The van der Waals surface area contributed by atoms with Crippen molar-refractivity contribution in [1.82, 2.24) is 4.90 Å². The Morgan fingerprint density at radius 1 is 1.27 bits per heavy atom. The van der Waals surface area contributed by atoms with Crippen LogP contribution in [0.1, 0.15) is 39.2 Å². The number of carbonyl (C=O) groups is 1. The Kier molecular flexibility index (Phi) is 5.12. The maximum Gasteiger partial charge on any atom is 0.230 e. The van der Waals surface area contributed by atoms with E-state index in [2.05, 4.69) is 27.7 Å². The summed E-state index contributed by atoms with van der Waals surface area (Å²) in [5, 5.41) is 0. The number of ether oxygens (including phenoxy) is 2. The van der Waals surface area contributed by atoms with Crippen molar-refractivity contribution in [3.8, 4) is 5.75 Å². The van der Waals surface area contributed by atoms with Gasteiger partial charge in [0.25, 0.3) is 0 Å². The number of nitrogens with zero attached hydrogens (tertiary/aromatic N) is 1. The van der Waals surface area contributed by atoms with Gasteiger partial charge in [0.05, 0.1) is 31.8 Å². The van der Waals surface area contributed by atoms with E-state index < -0.39 is 0 Å². The van der Waals surface area contributed by atoms with Gasteiger partial charge < -0.3 is 14.4 Å². The Morgan fingerprint density at radius 2 is 1.91 bits per heavy atom. The van der Waals surface area contributed by atoms with Crippen molar-refractivity contribution in [3.05, 3.63) is 29.8 Å². The minimum Gasteiger partial charge on any atom is -0.497 e. The number of rotatable bonds is 4. The molecule has 0 spiro atoms. The third kappa shape index (κ3) is 3.43. The van der Waals surface area contributed by atoms with Gasteiger partial charge in [-0.15, -0.1) is 0 Å². The summed E-state index contributed by atoms with van der Waals surface area (Å²) < 4.78 is 10.7. The van der Waals surface area contributed by atoms with Gasteiger partial charge in [0.2, 0.25) is 5.91 Å². The Bertz CT molecular complexity index is 508. The maximum absolute atomic E-state index is 13.1. The largest absolute Gasteiger partial charge is 0.497 e. The van der Waals surface area contributed by atoms with Gasteiger partial charge in [-0.2, -0.15) is 0 Å². The Hall–Kier alpha value is -1.55. The molecule has 2 rings (SSSR count). The number of hydrogen-bond donors (Lipinski definition) is 0. The molecule has 1 aliphatic rings. The number of hydrogen-bond acceptors (Lipinski definition) is 3. The first kappa shape index (κ1) is 16.8. The molecule has 1 atom stereocenters. The molecule has 1 amide bonds. The van der Waals surface area contributed by atoms with Gasteiger partial charge in [-0.1, -0.05) is 26.0 Å². The Morgan fingerprint density at radius 3 is 2.41 bits per heavy atom. The van der Waals surface area contributed by atoms with Gasteiger partial charge in [0, 0.05) is 6.54 Å². The third-order valence-electron chi connectivity index (χ3n) is 4.32. The number of methoxy groups -OCH3 is 1. The molecular formula is C18H27NO3. The first-order chi connectivity index (χ1) is 10.4. The topological polar surface area (TPSA) is 38.8 Å². The number of carbonyl (C=O) groups excluding carboxylic acids is 1. The summed E-state index contributed by atoms with van der Waals surface area (Å²) in [6.07, 6.45) is 0. The summed E-state index contributed by atoms with van der Waals surface area (Å²) in [5.74, 6) is 1.10. The molecule has 0 aromatic heterocycles. The minimum atomic E-state index is -0.255. The van der Waals surface area contributed by atoms with Crippen LogP contribution in [0.15, 0.2) is 24.3 Å². The van der Waals surface area contributed by atoms with Gasteiger partial charge in [-0.25, -0.2) is 0 Å². The summed E-state index contributed by atoms with van der Waals surface area (Å²) in [5.41, 5.74) is 0.790. The van der Waals surface area contributed by atoms with Crippen molar-refractivity contribution < 1.29 is 14.3 Å². The molecule has 1 unspecified atom stereocenters. The number of morpholine rings is 1. The van der Waals surface area contributed by atoms with Gasteiger partial charge >= 0.3 is 0 Å². The van der Waals surface area contributed by atoms with Crippen LogP contribution >= 0.6 is 0 Å². The van der Waals surface area contributed by atoms with Crippen LogP contribution < -0.4 is 4.74 Å². The van der Waals surface area contributed by atoms with Gasteiger partial charge in [0.1, 0.15) is 5.75 Å². The Balaban J connectivity index is 2.28. The molecule has 0 aliphatic carbocycles. The highest BCUT2D eigenvalue weighted by molar-refractivity contribution is 5.85. The van der Waals surface area contributed by atoms with E-state index >= 15 is 0 Å². The van der Waals surface area contributed by atoms with Crippen molar-refractivity contribution in [1.29, 1.82) is 0 Å². The molecule has 1 saturated heterocycles. The fraction of sp³-hybridized carbons (Fsp3) is 0.611. The molecule has 1 fully saturated rings. The lowest BCUT2D eigenvalue weighted by molar-refractivity contribution is -0.149. The average Bonchev–Trinajstić information content (AvgIpc) is 2.47. The van der Waals surface area contributed by atoms with E-state index in [9.17, 15) is 4.79 Å². The molecule has 1 aromatic carbocycles. The summed E-state index contributed by atoms with van der Waals surface area (Å²) >= 11 is 0. The summed E-state index contributed by atoms with van der Waals surface area (Å²) in [6, 6.07) is 7.83. The molecule has 1 heterocycles. The quantitative estimate of drug-likeness (QED) is 0.858. The lowest BCUT2D eigenvalue weighted by Gasteiger charge is -2.44. The van der Waals surface area contributed by atoms with Crippen LogP contribution in [-0.2, 0) is 9.53 Å². The zero-order valence-electron chi connectivity index (χ0n) is 14.3. The zero-order chi connectivity index (χ0) is 16.3. The monoisotopic (exact) mass is 305 g/mol. The summed E-state index contributed by atoms with van der Waals surface area (Å²) in [4.78, 5) is 15.1. The highest BCUT2D eigenvalue weighted by Gasteiger charge is 2.38. The van der Waals surface area contributed by atoms with Crippen LogP contribution in [0.2, 0.25) is 0 Å². The SMILES string of the molecule is COc1ccc(C(C(=O)N2CCOCC2(C)C)C(C)C)cc1. The van der Waals surface area contributed by atoms with Crippen LogP contribution in [0.25, 0.3) is 0 Å². The van der Waals surface area contributed by atoms with E-state index in [4.69, 9.17) is 9.47 Å². The molecule has 0 N–H and O–H groups in total. The van der Waals surface area contributed by atoms with Crippen molar-refractivity contribution in [2.45, 2.75) is 39.2 Å². The van der Waals surface area contributed by atoms with Crippen molar-refractivity contribution >= 4 is 5.91 Å². The molecule has 0 saturated carbocycles. The van der Waals surface area contributed by atoms with Crippen LogP contribution in [0.3, 0.4) is 0 Å². The van der Waals surface area contributed by atoms with Crippen LogP contribution in [0.5, 0.6) is 5.75 Å². The fourth-order valence-corrected chi connectivity index (χ4v) is 3.06. The number of benzene rings is 1. The van der Waals surface area contributed by atoms with Gasteiger partial charge in [-0.3, -0.25) is 4.79 Å². The second-order valence-corrected chi connectivity index (χ2v) is 6.85. The van der Waals surface area contributed by atoms with E-state index in [0.717, 1.165) is 11.3 Å². The van der Waals surface area contributed by atoms with E-state index in [-0.39, 0.29) is 23.3 Å². The second-order valence-electron chi connectivity index (χ2n) is 6.85. The molecule has 1 aliphatic heterocycles. The first-order valence-corrected chi connectivity index (χ1v) is 7.90. The lowest BCUT2D eigenvalue weighted by Crippen LogP contribution is -2.57. The normalized spacial score (nSPS) is 19.1. The molecule has 1 aromatic rings. The molecule has 0 radical (unpaired) electrons. The predicted molar refractivity (Wildman–Crippen MR) is 87.2 cm³/mol. The third-order valence-corrected chi connectivity index (χ3v) is 4.32. The smallest absolute Gasteiger partial charge is 0.230 e. The fourth-order valence-electron chi connectivity index (χ4n) is 3.06. The van der Waals surface area contributed by atoms with Crippen LogP contribution in [0.4, 0.5) is 0 Å². The standard InChI is InChI=1S/C18H27NO3/c1-13(2)16(14-6-8-15(21-5)9-7-14)17(20)19-10-11-22-12-18(19,3)4/h6-9,13,16H,10-12H2,1-5H3. The molecule has 22 heavy (non-hydrogen) atoms. The lowest BCUT2D eigenvalue weighted by atomic mass is 9.85. The highest BCUT2D eigenvalue weighted by atomic mass is 16.5. The molecule has 4 heteroatoms. The van der Waals surface area contributed by atoms with Crippen molar-refractivity contribution in [2.75, 3.05) is 26.9 Å². The predicted octanol–water partition coefficient (Wildman–Crippen LogP) is 3.07. The highest BCUT2D eigenvalue weighted by Crippen LogP contribution is 2.31. The van der Waals surface area contributed by atoms with E-state index in [0.29, 0.717) is 19.8 Å². The van der Waals surface area contributed by atoms with Gasteiger partial charge in [-0.05, 0) is 37.5 Å². The van der Waals surface area contributed by atoms with Gasteiger partial charge in [0.15, 0.2) is 0 Å². The minimum absolute atomic E-state index is 0.136. The van der Waals surface area contributed by atoms with E-state index in [1.165, 1.54) is 0 Å². The van der Waals surface area contributed by atoms with Crippen molar-refractivity contribution in [2.24, 2.45) is 5.92 Å². The maximum atomic E-state index is 13.1. The molecule has 122 valence electrons. The van der Waals surface area contributed by atoms with Crippen LogP contribution in [0, 0.1) is 5.92 Å². The second kappa shape index (κ2) is 6.69. The Labute approximate surface area is 133 Å². The molecule has 0 bridgehead atoms.